The van der Waals surface area contributed by atoms with Crippen molar-refractivity contribution in [3.63, 3.8) is 0 Å². The summed E-state index contributed by atoms with van der Waals surface area (Å²) in [4.78, 5) is 39.7. The summed E-state index contributed by atoms with van der Waals surface area (Å²) >= 11 is 0. The van der Waals surface area contributed by atoms with Crippen molar-refractivity contribution in [2.75, 3.05) is 20.1 Å². The molecule has 0 radical (unpaired) electrons. The van der Waals surface area contributed by atoms with Gasteiger partial charge in [-0.3, -0.25) is 4.79 Å². The fourth-order valence-electron chi connectivity index (χ4n) is 2.71. The van der Waals surface area contributed by atoms with E-state index in [1.54, 1.807) is 24.1 Å². The molecule has 0 saturated carbocycles. The zero-order chi connectivity index (χ0) is 22.6. The Morgan fingerprint density at radius 2 is 1.97 bits per heavy atom. The largest absolute Gasteiger partial charge is 0.391 e. The van der Waals surface area contributed by atoms with Gasteiger partial charge in [0.15, 0.2) is 8.38 Å². The molecule has 1 unspecified atom stereocenters. The molecule has 1 heterocycles. The van der Waals surface area contributed by atoms with Crippen molar-refractivity contribution in [1.29, 1.82) is 0 Å². The number of likely N-dealkylation sites (tertiary alicyclic amines) is 1. The summed E-state index contributed by atoms with van der Waals surface area (Å²) in [6.07, 6.45) is 6.22. The van der Waals surface area contributed by atoms with Crippen LogP contribution in [-0.2, 0) is 16.1 Å². The van der Waals surface area contributed by atoms with Crippen LogP contribution in [0.4, 0.5) is 0 Å². The van der Waals surface area contributed by atoms with E-state index in [-0.39, 0.29) is 23.6 Å². The molecule has 8 nitrogen and oxygen atoms in total. The number of carbonyl (C=O) groups is 2. The van der Waals surface area contributed by atoms with Crippen LogP contribution in [0.1, 0.15) is 44.7 Å². The highest BCUT2D eigenvalue weighted by molar-refractivity contribution is 7.54. The number of benzene rings is 1. The summed E-state index contributed by atoms with van der Waals surface area (Å²) in [5, 5.41) is 12.7. The molecule has 1 fully saturated rings. The number of terminal acetylenes is 1. The highest BCUT2D eigenvalue weighted by Gasteiger charge is 2.27. The van der Waals surface area contributed by atoms with Crippen LogP contribution in [0.25, 0.3) is 0 Å². The Morgan fingerprint density at radius 3 is 2.37 bits per heavy atom. The van der Waals surface area contributed by atoms with Crippen molar-refractivity contribution < 1.29 is 24.5 Å². The number of aliphatic hydroxyl groups is 1. The summed E-state index contributed by atoms with van der Waals surface area (Å²) in [6, 6.07) is 5.23. The highest BCUT2D eigenvalue weighted by atomic mass is 31.2. The van der Waals surface area contributed by atoms with Crippen LogP contribution in [0.3, 0.4) is 0 Å². The molecule has 30 heavy (non-hydrogen) atoms. The molecule has 1 aliphatic rings. The lowest BCUT2D eigenvalue weighted by Gasteiger charge is -2.22. The topological polar surface area (TPSA) is 145 Å². The van der Waals surface area contributed by atoms with Gasteiger partial charge in [-0.25, -0.2) is 0 Å². The van der Waals surface area contributed by atoms with Crippen molar-refractivity contribution in [1.82, 2.24) is 16.4 Å². The second kappa shape index (κ2) is 15.0. The molecule has 0 spiro atoms. The number of hydrogen-bond donors (Lipinski definition) is 5. The van der Waals surface area contributed by atoms with Gasteiger partial charge in [-0.1, -0.05) is 32.8 Å². The van der Waals surface area contributed by atoms with E-state index >= 15 is 0 Å². The summed E-state index contributed by atoms with van der Waals surface area (Å²) in [5.41, 5.74) is 1.57. The van der Waals surface area contributed by atoms with Gasteiger partial charge in [-0.2, -0.15) is 0 Å². The second-order valence-corrected chi connectivity index (χ2v) is 8.89. The Balaban J connectivity index is 0. The number of rotatable bonds is 4. The van der Waals surface area contributed by atoms with Gasteiger partial charge < -0.3 is 36.1 Å². The third kappa shape index (κ3) is 11.4. The smallest absolute Gasteiger partial charge is 0.223 e. The first-order chi connectivity index (χ1) is 13.6. The van der Waals surface area contributed by atoms with Crippen molar-refractivity contribution in [2.45, 2.75) is 46.3 Å². The Bertz CT molecular complexity index is 686. The van der Waals surface area contributed by atoms with E-state index in [9.17, 15) is 19.7 Å². The first-order valence-corrected chi connectivity index (χ1v) is 10.5. The normalized spacial score (nSPS) is 15.2. The molecule has 0 aromatic heterocycles. The zero-order valence-electron chi connectivity index (χ0n) is 18.4. The van der Waals surface area contributed by atoms with Crippen LogP contribution in [0.15, 0.2) is 18.2 Å². The maximum atomic E-state index is 11.6. The second-order valence-electron chi connectivity index (χ2n) is 7.83. The van der Waals surface area contributed by atoms with Crippen LogP contribution in [0, 0.1) is 17.8 Å². The van der Waals surface area contributed by atoms with Gasteiger partial charge in [0.25, 0.3) is 0 Å². The molecule has 1 saturated heterocycles. The number of nitrogens with zero attached hydrogens (tertiary/aromatic N) is 1. The Hall–Kier alpha value is -1.85. The highest BCUT2D eigenvalue weighted by Crippen LogP contribution is 2.25. The first kappa shape index (κ1) is 30.3. The number of amides is 1. The molecule has 170 valence electrons. The van der Waals surface area contributed by atoms with E-state index in [0.717, 1.165) is 18.5 Å². The number of β-amino-alcohol motifs (C(OH)–C–C–N with tert-alkyl or cyclic N) is 1. The van der Waals surface area contributed by atoms with E-state index in [1.807, 2.05) is 12.9 Å². The van der Waals surface area contributed by atoms with E-state index in [1.165, 1.54) is 0 Å². The zero-order valence-corrected chi connectivity index (χ0v) is 19.3. The minimum atomic E-state index is -2.09. The molecule has 0 aliphatic carbocycles. The van der Waals surface area contributed by atoms with Crippen molar-refractivity contribution in [3.05, 3.63) is 29.3 Å². The number of aliphatic hydroxyl groups excluding tert-OH is 1. The summed E-state index contributed by atoms with van der Waals surface area (Å²) in [7, 11) is -0.284. The van der Waals surface area contributed by atoms with E-state index in [2.05, 4.69) is 32.0 Å². The summed E-state index contributed by atoms with van der Waals surface area (Å²) in [6.45, 7) is 10.00. The predicted octanol–water partition coefficient (Wildman–Crippen LogP) is 1.30. The lowest BCUT2D eigenvalue weighted by molar-refractivity contribution is -0.132. The molecular weight excluding hydrogens is 405 g/mol. The van der Waals surface area contributed by atoms with Crippen molar-refractivity contribution >= 4 is 26.4 Å². The third-order valence-corrected chi connectivity index (χ3v) is 4.88. The lowest BCUT2D eigenvalue weighted by Crippen LogP contribution is -2.32. The number of carbonyl (C=O) groups excluding carboxylic acids is 2. The molecule has 2 rings (SSSR count). The maximum absolute atomic E-state index is 11.6. The van der Waals surface area contributed by atoms with Crippen molar-refractivity contribution in [2.24, 2.45) is 5.41 Å². The van der Waals surface area contributed by atoms with Crippen LogP contribution in [-0.4, -0.2) is 58.7 Å². The molecule has 1 atom stereocenters. The molecule has 9 heteroatoms. The average molecular weight is 442 g/mol. The number of nitrogens with one attached hydrogen (secondary N) is 1. The number of hydrogen-bond acceptors (Lipinski definition) is 7. The van der Waals surface area contributed by atoms with Gasteiger partial charge in [0.2, 0.25) is 5.91 Å². The van der Waals surface area contributed by atoms with E-state index in [0.29, 0.717) is 30.4 Å². The van der Waals surface area contributed by atoms with Gasteiger partial charge in [-0.15, -0.1) is 6.42 Å². The van der Waals surface area contributed by atoms with E-state index < -0.39 is 8.38 Å². The molecule has 0 bridgehead atoms. The van der Waals surface area contributed by atoms with Crippen LogP contribution >= 0.6 is 8.38 Å². The van der Waals surface area contributed by atoms with Gasteiger partial charge in [0, 0.05) is 36.9 Å². The molecule has 1 aromatic carbocycles. The molecule has 1 aromatic rings. The van der Waals surface area contributed by atoms with Crippen LogP contribution in [0.5, 0.6) is 0 Å². The Morgan fingerprint density at radius 1 is 1.37 bits per heavy atom. The fraction of sp³-hybridized carbons (Fsp3) is 0.524. The Kier molecular flexibility index (Phi) is 15.2. The average Bonchev–Trinajstić information content (AvgIpc) is 3.09. The van der Waals surface area contributed by atoms with Gasteiger partial charge in [0.1, 0.15) is 6.79 Å². The van der Waals surface area contributed by atoms with E-state index in [4.69, 9.17) is 11.2 Å². The van der Waals surface area contributed by atoms with Crippen LogP contribution in [0.2, 0.25) is 0 Å². The molecule has 7 N–H and O–H groups in total. The molecule has 1 amide bonds. The third-order valence-electron chi connectivity index (χ3n) is 4.03. The standard InChI is InChI=1S/C10H12NO2P.C10H19NO2.CH2O.H3N/c1-3-8-4-5-9(7-11-2)10(6-8)14(12)13;1-10(2,3)6-9(13)11-5-4-8(12)7-11;1-2;/h1,4-6,11-13H,7H2,2H3;8,12H,4-7H2,1-3H3;1H2;1H3. The summed E-state index contributed by atoms with van der Waals surface area (Å²) < 4.78 is 0. The van der Waals surface area contributed by atoms with Gasteiger partial charge >= 0.3 is 0 Å². The van der Waals surface area contributed by atoms with Crippen LogP contribution < -0.4 is 16.8 Å². The fourth-order valence-corrected chi connectivity index (χ4v) is 3.38. The molecule has 1 aliphatic heterocycles. The monoisotopic (exact) mass is 441 g/mol. The van der Waals surface area contributed by atoms with Crippen molar-refractivity contribution in [3.8, 4) is 12.3 Å². The predicted molar refractivity (Wildman–Crippen MR) is 122 cm³/mol. The minimum absolute atomic E-state index is 0. The first-order valence-electron chi connectivity index (χ1n) is 9.24. The minimum Gasteiger partial charge on any atom is -0.391 e. The lowest BCUT2D eigenvalue weighted by atomic mass is 9.92. The maximum Gasteiger partial charge on any atom is 0.223 e. The van der Waals surface area contributed by atoms with Gasteiger partial charge in [-0.05, 0) is 36.6 Å². The quantitative estimate of drug-likeness (QED) is 0.350. The molecular formula is C21H36N3O5P. The summed E-state index contributed by atoms with van der Waals surface area (Å²) in [5.74, 6) is 2.63. The SMILES string of the molecule is C#Cc1ccc(CNC)c(P(O)O)c1.C=O.CC(C)(C)CC(=O)N1CCC(O)C1.N. The Labute approximate surface area is 181 Å². The van der Waals surface area contributed by atoms with Gasteiger partial charge in [0.05, 0.1) is 6.10 Å².